The molecule has 0 amide bonds. The number of rotatable bonds is 5. The van der Waals surface area contributed by atoms with Crippen LogP contribution in [0.5, 0.6) is 0 Å². The smallest absolute Gasteiger partial charge is 0.194 e. The van der Waals surface area contributed by atoms with Crippen molar-refractivity contribution in [2.45, 2.75) is 32.7 Å². The number of ether oxygens (including phenoxy) is 1. The molecule has 3 rings (SSSR count). The van der Waals surface area contributed by atoms with Crippen molar-refractivity contribution in [3.63, 3.8) is 0 Å². The standard InChI is InChI=1S/C18H30N6O/c1-4-8-19-18(20-12-17-22-21-14(2)23(17)3)24-9-5-16(13-24)15-6-10-25-11-7-15/h4,15-16H,1,5-13H2,2-3H3,(H,19,20). The predicted octanol–water partition coefficient (Wildman–Crippen LogP) is 1.50. The van der Waals surface area contributed by atoms with Crippen LogP contribution in [0, 0.1) is 18.8 Å². The number of aromatic nitrogens is 3. The average Bonchev–Trinajstić information content (AvgIpc) is 3.25. The van der Waals surface area contributed by atoms with Crippen LogP contribution < -0.4 is 5.32 Å². The Morgan fingerprint density at radius 2 is 2.12 bits per heavy atom. The van der Waals surface area contributed by atoms with Gasteiger partial charge in [0, 0.05) is 39.9 Å². The van der Waals surface area contributed by atoms with E-state index in [0.29, 0.717) is 6.54 Å². The second-order valence-electron chi connectivity index (χ2n) is 6.98. The third-order valence-electron chi connectivity index (χ3n) is 5.41. The Morgan fingerprint density at radius 3 is 2.80 bits per heavy atom. The Bertz CT molecular complexity index is 605. The Morgan fingerprint density at radius 1 is 1.32 bits per heavy atom. The van der Waals surface area contributed by atoms with Gasteiger partial charge in [-0.3, -0.25) is 0 Å². The monoisotopic (exact) mass is 346 g/mol. The summed E-state index contributed by atoms with van der Waals surface area (Å²) in [6.07, 6.45) is 5.50. The van der Waals surface area contributed by atoms with Gasteiger partial charge in [0.2, 0.25) is 0 Å². The van der Waals surface area contributed by atoms with Crippen LogP contribution in [0.2, 0.25) is 0 Å². The average molecular weight is 346 g/mol. The van der Waals surface area contributed by atoms with E-state index in [1.54, 1.807) is 0 Å². The number of guanidine groups is 1. The zero-order valence-corrected chi connectivity index (χ0v) is 15.4. The van der Waals surface area contributed by atoms with E-state index in [4.69, 9.17) is 9.73 Å². The molecule has 1 aromatic rings. The molecule has 1 N–H and O–H groups in total. The van der Waals surface area contributed by atoms with Crippen LogP contribution >= 0.6 is 0 Å². The molecule has 1 aromatic heterocycles. The number of hydrogen-bond donors (Lipinski definition) is 1. The first kappa shape index (κ1) is 17.9. The van der Waals surface area contributed by atoms with Gasteiger partial charge >= 0.3 is 0 Å². The van der Waals surface area contributed by atoms with Crippen molar-refractivity contribution in [2.24, 2.45) is 23.9 Å². The van der Waals surface area contributed by atoms with Crippen LogP contribution in [0.4, 0.5) is 0 Å². The Labute approximate surface area is 150 Å². The van der Waals surface area contributed by atoms with E-state index < -0.39 is 0 Å². The van der Waals surface area contributed by atoms with Gasteiger partial charge in [-0.05, 0) is 38.0 Å². The number of nitrogens with one attached hydrogen (secondary N) is 1. The molecule has 0 saturated carbocycles. The van der Waals surface area contributed by atoms with E-state index in [9.17, 15) is 0 Å². The van der Waals surface area contributed by atoms with Gasteiger partial charge in [0.1, 0.15) is 12.4 Å². The number of aliphatic imine (C=N–C) groups is 1. The first-order chi connectivity index (χ1) is 12.2. The van der Waals surface area contributed by atoms with E-state index in [1.807, 2.05) is 24.6 Å². The normalized spacial score (nSPS) is 22.4. The lowest BCUT2D eigenvalue weighted by Gasteiger charge is -2.28. The SMILES string of the molecule is C=CCNC(=NCc1nnc(C)n1C)N1CCC(C2CCOCC2)C1. The van der Waals surface area contributed by atoms with E-state index >= 15 is 0 Å². The summed E-state index contributed by atoms with van der Waals surface area (Å²) < 4.78 is 7.50. The molecule has 2 saturated heterocycles. The third-order valence-corrected chi connectivity index (χ3v) is 5.41. The fraction of sp³-hybridized carbons (Fsp3) is 0.722. The highest BCUT2D eigenvalue weighted by atomic mass is 16.5. The lowest BCUT2D eigenvalue weighted by molar-refractivity contribution is 0.0488. The zero-order chi connectivity index (χ0) is 17.6. The van der Waals surface area contributed by atoms with Gasteiger partial charge in [-0.2, -0.15) is 0 Å². The minimum absolute atomic E-state index is 0.537. The van der Waals surface area contributed by atoms with Gasteiger partial charge in [-0.1, -0.05) is 6.08 Å². The second kappa shape index (κ2) is 8.47. The van der Waals surface area contributed by atoms with Crippen LogP contribution in [0.3, 0.4) is 0 Å². The van der Waals surface area contributed by atoms with Crippen molar-refractivity contribution in [1.82, 2.24) is 25.0 Å². The van der Waals surface area contributed by atoms with Crippen LogP contribution in [0.15, 0.2) is 17.6 Å². The number of aryl methyl sites for hydroxylation is 1. The maximum Gasteiger partial charge on any atom is 0.194 e. The molecule has 0 bridgehead atoms. The number of nitrogens with zero attached hydrogens (tertiary/aromatic N) is 5. The van der Waals surface area contributed by atoms with Crippen LogP contribution in [-0.4, -0.2) is 58.5 Å². The molecule has 1 atom stereocenters. The summed E-state index contributed by atoms with van der Waals surface area (Å²) in [6, 6.07) is 0. The van der Waals surface area contributed by atoms with Gasteiger partial charge in [-0.25, -0.2) is 4.99 Å². The van der Waals surface area contributed by atoms with Gasteiger partial charge in [0.05, 0.1) is 0 Å². The minimum Gasteiger partial charge on any atom is -0.381 e. The fourth-order valence-corrected chi connectivity index (χ4v) is 3.72. The van der Waals surface area contributed by atoms with Gasteiger partial charge < -0.3 is 19.5 Å². The van der Waals surface area contributed by atoms with E-state index in [1.165, 1.54) is 19.3 Å². The molecule has 0 aromatic carbocycles. The van der Waals surface area contributed by atoms with Crippen molar-refractivity contribution >= 4 is 5.96 Å². The molecule has 2 aliphatic heterocycles. The van der Waals surface area contributed by atoms with Crippen LogP contribution in [0.25, 0.3) is 0 Å². The van der Waals surface area contributed by atoms with Gasteiger partial charge in [-0.15, -0.1) is 16.8 Å². The number of likely N-dealkylation sites (tertiary alicyclic amines) is 1. The second-order valence-corrected chi connectivity index (χ2v) is 6.98. The van der Waals surface area contributed by atoms with Crippen molar-refractivity contribution in [2.75, 3.05) is 32.8 Å². The summed E-state index contributed by atoms with van der Waals surface area (Å²) in [5, 5.41) is 11.7. The molecule has 0 aliphatic carbocycles. The first-order valence-electron chi connectivity index (χ1n) is 9.25. The lowest BCUT2D eigenvalue weighted by Crippen LogP contribution is -2.40. The summed E-state index contributed by atoms with van der Waals surface area (Å²) in [7, 11) is 1.98. The molecule has 1 unspecified atom stereocenters. The van der Waals surface area contributed by atoms with E-state index in [0.717, 1.165) is 62.3 Å². The molecule has 2 fully saturated rings. The van der Waals surface area contributed by atoms with E-state index in [-0.39, 0.29) is 0 Å². The summed E-state index contributed by atoms with van der Waals surface area (Å²) in [4.78, 5) is 7.18. The summed E-state index contributed by atoms with van der Waals surface area (Å²) in [5.74, 6) is 4.29. The Kier molecular flexibility index (Phi) is 6.07. The first-order valence-corrected chi connectivity index (χ1v) is 9.25. The quantitative estimate of drug-likeness (QED) is 0.497. The topological polar surface area (TPSA) is 67.6 Å². The molecule has 2 aliphatic rings. The lowest BCUT2D eigenvalue weighted by atomic mass is 9.85. The molecule has 7 nitrogen and oxygen atoms in total. The highest BCUT2D eigenvalue weighted by Gasteiger charge is 2.31. The summed E-state index contributed by atoms with van der Waals surface area (Å²) >= 11 is 0. The largest absolute Gasteiger partial charge is 0.381 e. The molecule has 0 spiro atoms. The molecular formula is C18H30N6O. The third kappa shape index (κ3) is 4.39. The van der Waals surface area contributed by atoms with Crippen molar-refractivity contribution in [1.29, 1.82) is 0 Å². The van der Waals surface area contributed by atoms with Gasteiger partial charge in [0.25, 0.3) is 0 Å². The summed E-state index contributed by atoms with van der Waals surface area (Å²) in [5.41, 5.74) is 0. The summed E-state index contributed by atoms with van der Waals surface area (Å²) in [6.45, 7) is 11.0. The van der Waals surface area contributed by atoms with Gasteiger partial charge in [0.15, 0.2) is 11.8 Å². The van der Waals surface area contributed by atoms with Crippen molar-refractivity contribution in [3.05, 3.63) is 24.3 Å². The van der Waals surface area contributed by atoms with Crippen LogP contribution in [0.1, 0.15) is 30.9 Å². The molecular weight excluding hydrogens is 316 g/mol. The molecule has 0 radical (unpaired) electrons. The molecule has 7 heteroatoms. The van der Waals surface area contributed by atoms with Crippen molar-refractivity contribution in [3.8, 4) is 0 Å². The van der Waals surface area contributed by atoms with Crippen molar-refractivity contribution < 1.29 is 4.74 Å². The zero-order valence-electron chi connectivity index (χ0n) is 15.4. The Hall–Kier alpha value is -1.89. The molecule has 3 heterocycles. The highest BCUT2D eigenvalue weighted by molar-refractivity contribution is 5.80. The predicted molar refractivity (Wildman–Crippen MR) is 98.3 cm³/mol. The Balaban J connectivity index is 1.64. The fourth-order valence-electron chi connectivity index (χ4n) is 3.72. The minimum atomic E-state index is 0.537. The van der Waals surface area contributed by atoms with Crippen LogP contribution in [-0.2, 0) is 18.3 Å². The molecule has 25 heavy (non-hydrogen) atoms. The maximum atomic E-state index is 5.51. The highest BCUT2D eigenvalue weighted by Crippen LogP contribution is 2.31. The number of hydrogen-bond acceptors (Lipinski definition) is 4. The molecule has 138 valence electrons. The maximum absolute atomic E-state index is 5.51. The van der Waals surface area contributed by atoms with E-state index in [2.05, 4.69) is 27.0 Å².